The highest BCUT2D eigenvalue weighted by Gasteiger charge is 2.28. The molecular formula is C20H22N4O4S. The summed E-state index contributed by atoms with van der Waals surface area (Å²) in [5, 5.41) is 4.05. The van der Waals surface area contributed by atoms with Gasteiger partial charge in [-0.3, -0.25) is 4.90 Å². The summed E-state index contributed by atoms with van der Waals surface area (Å²) in [7, 11) is -1.84. The summed E-state index contributed by atoms with van der Waals surface area (Å²) >= 11 is 0. The van der Waals surface area contributed by atoms with Gasteiger partial charge in [-0.1, -0.05) is 35.5 Å². The minimum atomic E-state index is -3.45. The number of sulfonamides is 1. The van der Waals surface area contributed by atoms with Crippen molar-refractivity contribution >= 4 is 10.0 Å². The number of aromatic nitrogens is 2. The Morgan fingerprint density at radius 1 is 1.03 bits per heavy atom. The molecule has 3 aromatic rings. The molecule has 1 fully saturated rings. The van der Waals surface area contributed by atoms with Crippen LogP contribution in [0.15, 0.2) is 64.0 Å². The zero-order valence-electron chi connectivity index (χ0n) is 16.1. The Morgan fingerprint density at radius 2 is 1.79 bits per heavy atom. The number of hydrogen-bond acceptors (Lipinski definition) is 7. The first kappa shape index (κ1) is 19.6. The van der Waals surface area contributed by atoms with Crippen molar-refractivity contribution < 1.29 is 17.7 Å². The first-order chi connectivity index (χ1) is 14.1. The molecule has 1 aliphatic heterocycles. The quantitative estimate of drug-likeness (QED) is 0.611. The second kappa shape index (κ2) is 8.32. The highest BCUT2D eigenvalue weighted by molar-refractivity contribution is 7.89. The van der Waals surface area contributed by atoms with E-state index in [1.54, 1.807) is 37.4 Å². The smallest absolute Gasteiger partial charge is 0.243 e. The van der Waals surface area contributed by atoms with E-state index in [0.717, 1.165) is 11.3 Å². The second-order valence-corrected chi connectivity index (χ2v) is 8.67. The number of methoxy groups -OCH3 is 1. The molecular weight excluding hydrogens is 392 g/mol. The zero-order chi connectivity index (χ0) is 20.3. The van der Waals surface area contributed by atoms with Gasteiger partial charge in [0.25, 0.3) is 0 Å². The average molecular weight is 414 g/mol. The lowest BCUT2D eigenvalue weighted by molar-refractivity contribution is 0.163. The molecule has 0 spiro atoms. The van der Waals surface area contributed by atoms with Gasteiger partial charge >= 0.3 is 0 Å². The molecule has 1 saturated heterocycles. The molecule has 0 radical (unpaired) electrons. The van der Waals surface area contributed by atoms with Crippen LogP contribution in [0.2, 0.25) is 0 Å². The summed E-state index contributed by atoms with van der Waals surface area (Å²) < 4.78 is 37.6. The highest BCUT2D eigenvalue weighted by atomic mass is 32.2. The molecule has 9 heteroatoms. The zero-order valence-corrected chi connectivity index (χ0v) is 16.9. The van der Waals surface area contributed by atoms with E-state index < -0.39 is 10.0 Å². The molecule has 0 N–H and O–H groups in total. The number of piperazine rings is 1. The van der Waals surface area contributed by atoms with Crippen molar-refractivity contribution in [1.82, 2.24) is 19.3 Å². The van der Waals surface area contributed by atoms with Crippen molar-refractivity contribution in [2.24, 2.45) is 0 Å². The van der Waals surface area contributed by atoms with Crippen LogP contribution >= 0.6 is 0 Å². The van der Waals surface area contributed by atoms with E-state index in [9.17, 15) is 8.42 Å². The van der Waals surface area contributed by atoms with Crippen molar-refractivity contribution in [3.8, 4) is 17.1 Å². The van der Waals surface area contributed by atoms with Gasteiger partial charge in [0.15, 0.2) is 0 Å². The molecule has 4 rings (SSSR count). The number of nitrogens with zero attached hydrogens (tertiary/aromatic N) is 4. The summed E-state index contributed by atoms with van der Waals surface area (Å²) in [5.41, 5.74) is 0.818. The third-order valence-electron chi connectivity index (χ3n) is 4.87. The normalized spacial score (nSPS) is 16.0. The third kappa shape index (κ3) is 4.31. The molecule has 1 aromatic heterocycles. The maximum atomic E-state index is 12.7. The molecule has 0 unspecified atom stereocenters. The summed E-state index contributed by atoms with van der Waals surface area (Å²) in [5.74, 6) is 1.73. The molecule has 1 aliphatic rings. The number of rotatable bonds is 6. The topological polar surface area (TPSA) is 88.8 Å². The summed E-state index contributed by atoms with van der Waals surface area (Å²) in [6, 6.07) is 16.0. The average Bonchev–Trinajstić information content (AvgIpc) is 3.23. The Kier molecular flexibility index (Phi) is 5.61. The highest BCUT2D eigenvalue weighted by Crippen LogP contribution is 2.22. The number of benzene rings is 2. The van der Waals surface area contributed by atoms with Gasteiger partial charge in [0.1, 0.15) is 5.75 Å². The van der Waals surface area contributed by atoms with Gasteiger partial charge in [0, 0.05) is 31.7 Å². The van der Waals surface area contributed by atoms with Crippen LogP contribution in [0.1, 0.15) is 5.89 Å². The standard InChI is InChI=1S/C20H22N4O4S/c1-27-17-7-5-6-16(14-17)20-21-19(28-22-20)15-23-10-12-24(13-11-23)29(25,26)18-8-3-2-4-9-18/h2-9,14H,10-13,15H2,1H3. The molecule has 2 aromatic carbocycles. The molecule has 0 atom stereocenters. The van der Waals surface area contributed by atoms with Gasteiger partial charge in [-0.2, -0.15) is 9.29 Å². The molecule has 2 heterocycles. The summed E-state index contributed by atoms with van der Waals surface area (Å²) in [6.45, 7) is 2.53. The van der Waals surface area contributed by atoms with E-state index in [2.05, 4.69) is 15.0 Å². The van der Waals surface area contributed by atoms with Crippen molar-refractivity contribution in [3.63, 3.8) is 0 Å². The maximum Gasteiger partial charge on any atom is 0.243 e. The summed E-state index contributed by atoms with van der Waals surface area (Å²) in [6.07, 6.45) is 0. The monoisotopic (exact) mass is 414 g/mol. The van der Waals surface area contributed by atoms with E-state index in [0.29, 0.717) is 49.3 Å². The largest absolute Gasteiger partial charge is 0.497 e. The van der Waals surface area contributed by atoms with Gasteiger partial charge in [0.2, 0.25) is 21.7 Å². The lowest BCUT2D eigenvalue weighted by Crippen LogP contribution is -2.48. The van der Waals surface area contributed by atoms with Gasteiger partial charge in [-0.15, -0.1) is 0 Å². The number of ether oxygens (including phenoxy) is 1. The Labute approximate surface area is 169 Å². The number of hydrogen-bond donors (Lipinski definition) is 0. The van der Waals surface area contributed by atoms with Gasteiger partial charge in [-0.05, 0) is 24.3 Å². The van der Waals surface area contributed by atoms with Crippen LogP contribution in [-0.2, 0) is 16.6 Å². The van der Waals surface area contributed by atoms with Gasteiger partial charge < -0.3 is 9.26 Å². The second-order valence-electron chi connectivity index (χ2n) is 6.74. The van der Waals surface area contributed by atoms with Gasteiger partial charge in [-0.25, -0.2) is 8.42 Å². The van der Waals surface area contributed by atoms with Crippen LogP contribution in [0.25, 0.3) is 11.4 Å². The molecule has 29 heavy (non-hydrogen) atoms. The summed E-state index contributed by atoms with van der Waals surface area (Å²) in [4.78, 5) is 6.90. The van der Waals surface area contributed by atoms with Gasteiger partial charge in [0.05, 0.1) is 18.6 Å². The Balaban J connectivity index is 1.37. The van der Waals surface area contributed by atoms with E-state index in [1.165, 1.54) is 4.31 Å². The molecule has 0 bridgehead atoms. The Bertz CT molecular complexity index is 1060. The minimum Gasteiger partial charge on any atom is -0.497 e. The lowest BCUT2D eigenvalue weighted by Gasteiger charge is -2.33. The minimum absolute atomic E-state index is 0.327. The van der Waals surface area contributed by atoms with E-state index >= 15 is 0 Å². The fourth-order valence-corrected chi connectivity index (χ4v) is 4.70. The van der Waals surface area contributed by atoms with Crippen LogP contribution in [0.4, 0.5) is 0 Å². The van der Waals surface area contributed by atoms with E-state index in [-0.39, 0.29) is 0 Å². The van der Waals surface area contributed by atoms with Crippen molar-refractivity contribution in [3.05, 3.63) is 60.5 Å². The first-order valence-electron chi connectivity index (χ1n) is 9.31. The van der Waals surface area contributed by atoms with E-state index in [1.807, 2.05) is 24.3 Å². The van der Waals surface area contributed by atoms with Crippen LogP contribution in [0.5, 0.6) is 5.75 Å². The fourth-order valence-electron chi connectivity index (χ4n) is 3.26. The van der Waals surface area contributed by atoms with Crippen LogP contribution in [0, 0.1) is 0 Å². The van der Waals surface area contributed by atoms with Crippen molar-refractivity contribution in [2.75, 3.05) is 33.3 Å². The van der Waals surface area contributed by atoms with Crippen LogP contribution in [-0.4, -0.2) is 61.1 Å². The maximum absolute atomic E-state index is 12.7. The Hall–Kier alpha value is -2.75. The molecule has 0 aliphatic carbocycles. The third-order valence-corrected chi connectivity index (χ3v) is 6.78. The molecule has 152 valence electrons. The molecule has 8 nitrogen and oxygen atoms in total. The molecule has 0 amide bonds. The fraction of sp³-hybridized carbons (Fsp3) is 0.300. The SMILES string of the molecule is COc1cccc(-c2noc(CN3CCN(S(=O)(=O)c4ccccc4)CC3)n2)c1. The van der Waals surface area contributed by atoms with Crippen molar-refractivity contribution in [1.29, 1.82) is 0 Å². The van der Waals surface area contributed by atoms with E-state index in [4.69, 9.17) is 9.26 Å². The Morgan fingerprint density at radius 3 is 2.52 bits per heavy atom. The molecule has 0 saturated carbocycles. The predicted molar refractivity (Wildman–Crippen MR) is 107 cm³/mol. The van der Waals surface area contributed by atoms with Crippen molar-refractivity contribution in [2.45, 2.75) is 11.4 Å². The first-order valence-corrected chi connectivity index (χ1v) is 10.7. The van der Waals surface area contributed by atoms with Crippen LogP contribution in [0.3, 0.4) is 0 Å². The van der Waals surface area contributed by atoms with Crippen LogP contribution < -0.4 is 4.74 Å². The lowest BCUT2D eigenvalue weighted by atomic mass is 10.2. The predicted octanol–water partition coefficient (Wildman–Crippen LogP) is 2.25.